The molecule has 0 amide bonds. The molecule has 0 radical (unpaired) electrons. The second-order valence-corrected chi connectivity index (χ2v) is 5.72. The van der Waals surface area contributed by atoms with Gasteiger partial charge in [0.15, 0.2) is 0 Å². The minimum atomic E-state index is 0.314. The molecule has 0 saturated heterocycles. The molecule has 0 aromatic rings. The molecule has 1 aliphatic carbocycles. The topological polar surface area (TPSA) is 32.3 Å². The van der Waals surface area contributed by atoms with Crippen molar-refractivity contribution in [2.45, 2.75) is 38.0 Å². The number of fused-ring (bicyclic) bond motifs is 1. The van der Waals surface area contributed by atoms with E-state index in [9.17, 15) is 5.11 Å². The summed E-state index contributed by atoms with van der Waals surface area (Å²) in [4.78, 5) is 0. The Hall–Kier alpha value is -0.825. The van der Waals surface area contributed by atoms with Crippen molar-refractivity contribution >= 4 is 12.9 Å². The molecule has 3 rings (SSSR count). The first-order valence-corrected chi connectivity index (χ1v) is 6.74. The van der Waals surface area contributed by atoms with Crippen molar-refractivity contribution in [3.8, 4) is 0 Å². The van der Waals surface area contributed by atoms with Gasteiger partial charge >= 0.3 is 103 Å². The second kappa shape index (κ2) is 4.45. The van der Waals surface area contributed by atoms with Crippen molar-refractivity contribution in [2.24, 2.45) is 11.3 Å². The summed E-state index contributed by atoms with van der Waals surface area (Å²) in [6, 6.07) is 0. The number of allylic oxidation sites excluding steroid dienone is 1. The van der Waals surface area contributed by atoms with Gasteiger partial charge in [0.1, 0.15) is 0 Å². The molecule has 0 spiro atoms. The van der Waals surface area contributed by atoms with Crippen molar-refractivity contribution in [3.05, 3.63) is 23.9 Å². The zero-order valence-electron chi connectivity index (χ0n) is 10.2. The fraction of sp³-hybridized carbons (Fsp3) is 0.643. The number of hydrogen-bond donors (Lipinski definition) is 2. The van der Waals surface area contributed by atoms with Crippen LogP contribution in [0.2, 0.25) is 0 Å². The van der Waals surface area contributed by atoms with Crippen LogP contribution in [0.25, 0.3) is 0 Å². The molecule has 0 aromatic heterocycles. The molecule has 0 unspecified atom stereocenters. The molecule has 2 heterocycles. The average Bonchev–Trinajstić information content (AvgIpc) is 2.97. The van der Waals surface area contributed by atoms with Gasteiger partial charge in [0.2, 0.25) is 0 Å². The van der Waals surface area contributed by atoms with Crippen LogP contribution in [-0.4, -0.2) is 30.5 Å². The summed E-state index contributed by atoms with van der Waals surface area (Å²) in [5.74, 6) is 3.24. The van der Waals surface area contributed by atoms with Crippen LogP contribution in [0.5, 0.6) is 0 Å². The van der Waals surface area contributed by atoms with Gasteiger partial charge < -0.3 is 0 Å². The average molecular weight is 229 g/mol. The van der Waals surface area contributed by atoms with Crippen LogP contribution in [0.1, 0.15) is 32.1 Å². The monoisotopic (exact) mass is 229 g/mol. The van der Waals surface area contributed by atoms with Crippen molar-refractivity contribution in [1.29, 1.82) is 0 Å². The third-order valence-electron chi connectivity index (χ3n) is 4.50. The number of aliphatic hydroxyl groups excluding tert-OH is 1. The van der Waals surface area contributed by atoms with E-state index in [1.54, 1.807) is 5.57 Å². The Labute approximate surface area is 104 Å². The third kappa shape index (κ3) is 2.26. The summed E-state index contributed by atoms with van der Waals surface area (Å²) >= 11 is 0. The van der Waals surface area contributed by atoms with E-state index >= 15 is 0 Å². The van der Waals surface area contributed by atoms with Crippen molar-refractivity contribution in [3.63, 3.8) is 0 Å². The van der Waals surface area contributed by atoms with Crippen molar-refractivity contribution < 1.29 is 5.11 Å². The number of rotatable bonds is 5. The Bertz CT molecular complexity index is 382. The number of aliphatic hydroxyl groups is 1. The number of hydrogen-bond acceptors (Lipinski definition) is 2. The van der Waals surface area contributed by atoms with Crippen LogP contribution >= 0.6 is 0 Å². The summed E-state index contributed by atoms with van der Waals surface area (Å²) < 4.78 is 0. The zero-order chi connectivity index (χ0) is 11.7. The van der Waals surface area contributed by atoms with Gasteiger partial charge in [-0.2, -0.15) is 0 Å². The molecule has 3 heteroatoms. The van der Waals surface area contributed by atoms with E-state index < -0.39 is 0 Å². The van der Waals surface area contributed by atoms with Gasteiger partial charge in [0.25, 0.3) is 0 Å². The second-order valence-electron chi connectivity index (χ2n) is 5.72. The van der Waals surface area contributed by atoms with Gasteiger partial charge in [-0.25, -0.2) is 0 Å². The predicted molar refractivity (Wildman–Crippen MR) is 72.1 cm³/mol. The Balaban J connectivity index is 1.53. The molecule has 2 nitrogen and oxygen atoms in total. The molecular formula is C14H20BNO. The molecule has 2 atom stereocenters. The molecule has 0 aromatic carbocycles. The summed E-state index contributed by atoms with van der Waals surface area (Å²) in [6.07, 6.45) is 12.7. The first-order chi connectivity index (χ1) is 8.33. The third-order valence-corrected chi connectivity index (χ3v) is 4.50. The van der Waals surface area contributed by atoms with Crippen LogP contribution in [0, 0.1) is 11.3 Å². The van der Waals surface area contributed by atoms with Crippen LogP contribution in [0.15, 0.2) is 23.9 Å². The van der Waals surface area contributed by atoms with Gasteiger partial charge in [-0.15, -0.1) is 0 Å². The molecule has 90 valence electrons. The molecular weight excluding hydrogens is 209 g/mol. The van der Waals surface area contributed by atoms with Gasteiger partial charge in [-0.1, -0.05) is 0 Å². The maximum absolute atomic E-state index is 9.30. The molecule has 1 saturated carbocycles. The van der Waals surface area contributed by atoms with Crippen molar-refractivity contribution in [2.75, 3.05) is 6.61 Å². The molecule has 0 bridgehead atoms. The molecule has 3 aliphatic rings. The Morgan fingerprint density at radius 2 is 2.35 bits per heavy atom. The molecule has 17 heavy (non-hydrogen) atoms. The predicted octanol–water partition coefficient (Wildman–Crippen LogP) is 1.43. The normalized spacial score (nSPS) is 31.5. The fourth-order valence-corrected chi connectivity index (χ4v) is 3.01. The van der Waals surface area contributed by atoms with Gasteiger partial charge in [-0.3, -0.25) is 0 Å². The van der Waals surface area contributed by atoms with E-state index in [0.29, 0.717) is 23.9 Å². The number of nitrogens with one attached hydrogen (secondary N) is 1. The SMILES string of the molecule is OCC1(CCCC2=CC=B[C@@H]3NC=C[C@H]23)CC1. The molecule has 2 N–H and O–H groups in total. The zero-order valence-corrected chi connectivity index (χ0v) is 10.2. The van der Waals surface area contributed by atoms with Crippen molar-refractivity contribution in [1.82, 2.24) is 5.32 Å². The first-order valence-electron chi connectivity index (χ1n) is 6.74. The fourth-order valence-electron chi connectivity index (χ4n) is 3.01. The molecule has 2 aliphatic heterocycles. The standard InChI is InChI=1S/C14H20BNO/c17-10-14(6-7-14)5-1-2-11-3-8-15-13-12(11)4-9-16-13/h3-4,8-9,12-13,16-17H,1-2,5-7,10H2/t12-,13-/m1/s1. The van der Waals surface area contributed by atoms with E-state index in [0.717, 1.165) is 0 Å². The Morgan fingerprint density at radius 1 is 1.47 bits per heavy atom. The van der Waals surface area contributed by atoms with Gasteiger partial charge in [0.05, 0.1) is 0 Å². The van der Waals surface area contributed by atoms with Crippen LogP contribution in [0.3, 0.4) is 0 Å². The van der Waals surface area contributed by atoms with Gasteiger partial charge in [0, 0.05) is 0 Å². The summed E-state index contributed by atoms with van der Waals surface area (Å²) in [5, 5.41) is 12.7. The van der Waals surface area contributed by atoms with E-state index in [-0.39, 0.29) is 0 Å². The van der Waals surface area contributed by atoms with E-state index in [4.69, 9.17) is 0 Å². The quantitative estimate of drug-likeness (QED) is 0.699. The molecule has 1 fully saturated rings. The summed E-state index contributed by atoms with van der Waals surface area (Å²) in [7, 11) is 0. The van der Waals surface area contributed by atoms with Gasteiger partial charge in [-0.05, 0) is 0 Å². The Kier molecular flexibility index (Phi) is 2.95. The van der Waals surface area contributed by atoms with E-state index in [1.807, 2.05) is 0 Å². The van der Waals surface area contributed by atoms with Crippen LogP contribution in [-0.2, 0) is 0 Å². The van der Waals surface area contributed by atoms with E-state index in [2.05, 4.69) is 36.6 Å². The first kappa shape index (κ1) is 11.3. The maximum atomic E-state index is 9.30. The van der Waals surface area contributed by atoms with E-state index in [1.165, 1.54) is 32.1 Å². The van der Waals surface area contributed by atoms with Crippen LogP contribution < -0.4 is 5.32 Å². The van der Waals surface area contributed by atoms with Crippen LogP contribution in [0.4, 0.5) is 0 Å². The minimum absolute atomic E-state index is 0.314. The summed E-state index contributed by atoms with van der Waals surface area (Å²) in [5.41, 5.74) is 1.86. The summed E-state index contributed by atoms with van der Waals surface area (Å²) in [6.45, 7) is 2.63. The Morgan fingerprint density at radius 3 is 3.12 bits per heavy atom.